The molecule has 5 nitrogen and oxygen atoms in total. The summed E-state index contributed by atoms with van der Waals surface area (Å²) < 4.78 is 19.1. The fraction of sp³-hybridized carbons (Fsp3) is 0. The third-order valence-electron chi connectivity index (χ3n) is 9.69. The summed E-state index contributed by atoms with van der Waals surface area (Å²) in [5.41, 5.74) is 10.3. The molecule has 0 aliphatic heterocycles. The fourth-order valence-electron chi connectivity index (χ4n) is 7.34. The molecule has 0 saturated carbocycles. The monoisotopic (exact) mass is 628 g/mol. The molecule has 4 aromatic heterocycles. The standard InChI is InChI=1S/C44H24N2O3/c1-2-9-26-22-27(17-16-25(26)8-1)28-18-20-38-34(23-28)40-32(12-7-15-39(40)48-38)42-43-41(31-11-4-6-14-36(31)49-43)45-44(46-42)29-19-21-37-33(24-29)30-10-3-5-13-35(30)47-37/h1-24H. The van der Waals surface area contributed by atoms with Gasteiger partial charge in [-0.15, -0.1) is 0 Å². The first-order valence-electron chi connectivity index (χ1n) is 16.3. The number of benzene rings is 7. The summed E-state index contributed by atoms with van der Waals surface area (Å²) in [6, 6.07) is 49.9. The largest absolute Gasteiger partial charge is 0.456 e. The van der Waals surface area contributed by atoms with Crippen molar-refractivity contribution in [2.75, 3.05) is 0 Å². The summed E-state index contributed by atoms with van der Waals surface area (Å²) >= 11 is 0. The predicted octanol–water partition coefficient (Wildman–Crippen LogP) is 12.3. The molecule has 0 aliphatic carbocycles. The third kappa shape index (κ3) is 3.93. The highest BCUT2D eigenvalue weighted by Gasteiger charge is 2.22. The van der Waals surface area contributed by atoms with Crippen LogP contribution in [0.1, 0.15) is 0 Å². The summed E-state index contributed by atoms with van der Waals surface area (Å²) in [4.78, 5) is 10.4. The van der Waals surface area contributed by atoms with Crippen LogP contribution < -0.4 is 0 Å². The number of furan rings is 3. The Hall–Kier alpha value is -6.72. The second-order valence-electron chi connectivity index (χ2n) is 12.5. The second kappa shape index (κ2) is 9.89. The van der Waals surface area contributed by atoms with Gasteiger partial charge in [0.25, 0.3) is 0 Å². The Bertz CT molecular complexity index is 3130. The molecule has 4 heterocycles. The molecule has 11 aromatic rings. The van der Waals surface area contributed by atoms with E-state index in [2.05, 4.69) is 84.9 Å². The van der Waals surface area contributed by atoms with Crippen LogP contribution in [0.15, 0.2) is 159 Å². The highest BCUT2D eigenvalue weighted by Crippen LogP contribution is 2.43. The topological polar surface area (TPSA) is 65.2 Å². The van der Waals surface area contributed by atoms with Crippen LogP contribution >= 0.6 is 0 Å². The van der Waals surface area contributed by atoms with E-state index in [1.54, 1.807) is 0 Å². The number of para-hydroxylation sites is 2. The van der Waals surface area contributed by atoms with Crippen LogP contribution in [0.5, 0.6) is 0 Å². The Morgan fingerprint density at radius 2 is 1.02 bits per heavy atom. The molecule has 0 atom stereocenters. The average Bonchev–Trinajstić information content (AvgIpc) is 3.85. The van der Waals surface area contributed by atoms with Crippen LogP contribution in [0.25, 0.3) is 110 Å². The average molecular weight is 629 g/mol. The second-order valence-corrected chi connectivity index (χ2v) is 12.5. The van der Waals surface area contributed by atoms with E-state index < -0.39 is 0 Å². The van der Waals surface area contributed by atoms with Gasteiger partial charge in [-0.1, -0.05) is 84.9 Å². The zero-order chi connectivity index (χ0) is 32.1. The zero-order valence-electron chi connectivity index (χ0n) is 26.0. The van der Waals surface area contributed by atoms with Crippen molar-refractivity contribution in [2.24, 2.45) is 0 Å². The lowest BCUT2D eigenvalue weighted by Crippen LogP contribution is -1.94. The lowest BCUT2D eigenvalue weighted by Gasteiger charge is -2.08. The van der Waals surface area contributed by atoms with Gasteiger partial charge in [0.15, 0.2) is 11.4 Å². The molecule has 0 unspecified atom stereocenters. The highest BCUT2D eigenvalue weighted by molar-refractivity contribution is 6.17. The molecule has 5 heteroatoms. The first-order chi connectivity index (χ1) is 24.2. The minimum absolute atomic E-state index is 0.614. The molecule has 11 rings (SSSR count). The summed E-state index contributed by atoms with van der Waals surface area (Å²) in [5, 5.41) is 7.47. The molecular weight excluding hydrogens is 604 g/mol. The molecular formula is C44H24N2O3. The van der Waals surface area contributed by atoms with Crippen LogP contribution in [0.2, 0.25) is 0 Å². The van der Waals surface area contributed by atoms with E-state index in [4.69, 9.17) is 23.2 Å². The van der Waals surface area contributed by atoms with Crippen molar-refractivity contribution in [1.82, 2.24) is 9.97 Å². The van der Waals surface area contributed by atoms with Crippen molar-refractivity contribution < 1.29 is 13.3 Å². The smallest absolute Gasteiger partial charge is 0.180 e. The van der Waals surface area contributed by atoms with E-state index in [-0.39, 0.29) is 0 Å². The van der Waals surface area contributed by atoms with E-state index >= 15 is 0 Å². The van der Waals surface area contributed by atoms with Gasteiger partial charge in [0.1, 0.15) is 39.1 Å². The van der Waals surface area contributed by atoms with Crippen LogP contribution in [-0.2, 0) is 0 Å². The Labute approximate surface area is 278 Å². The van der Waals surface area contributed by atoms with E-state index in [0.29, 0.717) is 11.4 Å². The lowest BCUT2D eigenvalue weighted by molar-refractivity contribution is 0.666. The van der Waals surface area contributed by atoms with Crippen molar-refractivity contribution in [2.45, 2.75) is 0 Å². The van der Waals surface area contributed by atoms with Crippen LogP contribution in [-0.4, -0.2) is 9.97 Å². The number of fused-ring (bicyclic) bond motifs is 10. The van der Waals surface area contributed by atoms with Gasteiger partial charge in [-0.25, -0.2) is 9.97 Å². The number of aromatic nitrogens is 2. The highest BCUT2D eigenvalue weighted by atomic mass is 16.3. The number of nitrogens with zero attached hydrogens (tertiary/aromatic N) is 2. The molecule has 0 aliphatic rings. The van der Waals surface area contributed by atoms with E-state index in [1.807, 2.05) is 60.7 Å². The minimum Gasteiger partial charge on any atom is -0.456 e. The van der Waals surface area contributed by atoms with Gasteiger partial charge >= 0.3 is 0 Å². The molecule has 49 heavy (non-hydrogen) atoms. The Kier molecular flexibility index (Phi) is 5.32. The fourth-order valence-corrected chi connectivity index (χ4v) is 7.34. The van der Waals surface area contributed by atoms with Crippen LogP contribution in [0, 0.1) is 0 Å². The van der Waals surface area contributed by atoms with Gasteiger partial charge in [0.05, 0.1) is 0 Å². The maximum Gasteiger partial charge on any atom is 0.180 e. The molecule has 7 aromatic carbocycles. The zero-order valence-corrected chi connectivity index (χ0v) is 26.0. The van der Waals surface area contributed by atoms with Gasteiger partial charge in [0.2, 0.25) is 0 Å². The molecule has 0 fully saturated rings. The predicted molar refractivity (Wildman–Crippen MR) is 198 cm³/mol. The van der Waals surface area contributed by atoms with Crippen molar-refractivity contribution in [3.05, 3.63) is 146 Å². The van der Waals surface area contributed by atoms with Crippen LogP contribution in [0.4, 0.5) is 0 Å². The van der Waals surface area contributed by atoms with Gasteiger partial charge in [-0.3, -0.25) is 0 Å². The first-order valence-corrected chi connectivity index (χ1v) is 16.3. The van der Waals surface area contributed by atoms with Crippen LogP contribution in [0.3, 0.4) is 0 Å². The third-order valence-corrected chi connectivity index (χ3v) is 9.69. The van der Waals surface area contributed by atoms with Crippen molar-refractivity contribution in [3.8, 4) is 33.8 Å². The maximum atomic E-state index is 6.55. The van der Waals surface area contributed by atoms with E-state index in [9.17, 15) is 0 Å². The van der Waals surface area contributed by atoms with Gasteiger partial charge in [-0.2, -0.15) is 0 Å². The Balaban J connectivity index is 1.18. The van der Waals surface area contributed by atoms with Gasteiger partial charge in [0, 0.05) is 38.1 Å². The first kappa shape index (κ1) is 26.4. The number of hydrogen-bond acceptors (Lipinski definition) is 5. The maximum absolute atomic E-state index is 6.55. The molecule has 0 saturated heterocycles. The van der Waals surface area contributed by atoms with Gasteiger partial charge in [-0.05, 0) is 82.6 Å². The molecule has 0 radical (unpaired) electrons. The Morgan fingerprint density at radius 3 is 1.92 bits per heavy atom. The molecule has 228 valence electrons. The molecule has 0 amide bonds. The Morgan fingerprint density at radius 1 is 0.388 bits per heavy atom. The summed E-state index contributed by atoms with van der Waals surface area (Å²) in [6.07, 6.45) is 0. The van der Waals surface area contributed by atoms with Crippen molar-refractivity contribution >= 4 is 76.7 Å². The summed E-state index contributed by atoms with van der Waals surface area (Å²) in [7, 11) is 0. The molecule has 0 spiro atoms. The number of rotatable bonds is 3. The molecule has 0 bridgehead atoms. The van der Waals surface area contributed by atoms with Crippen molar-refractivity contribution in [1.29, 1.82) is 0 Å². The normalized spacial score (nSPS) is 12.1. The van der Waals surface area contributed by atoms with Gasteiger partial charge < -0.3 is 13.3 Å². The SMILES string of the molecule is c1ccc2cc(-c3ccc4oc5cccc(-c6nc(-c7ccc8oc9ccccc9c8c7)nc7c6oc6ccccc67)c5c4c3)ccc2c1. The molecule has 0 N–H and O–H groups in total. The quantitative estimate of drug-likeness (QED) is 0.195. The van der Waals surface area contributed by atoms with E-state index in [1.165, 1.54) is 10.8 Å². The lowest BCUT2D eigenvalue weighted by atomic mass is 9.97. The summed E-state index contributed by atoms with van der Waals surface area (Å²) in [6.45, 7) is 0. The minimum atomic E-state index is 0.614. The summed E-state index contributed by atoms with van der Waals surface area (Å²) in [5.74, 6) is 0.614. The number of hydrogen-bond donors (Lipinski definition) is 0. The van der Waals surface area contributed by atoms with Crippen molar-refractivity contribution in [3.63, 3.8) is 0 Å². The van der Waals surface area contributed by atoms with E-state index in [0.717, 1.165) is 88.3 Å².